The molecule has 3 atom stereocenters. The van der Waals surface area contributed by atoms with Crippen LogP contribution in [0.5, 0.6) is 0 Å². The van der Waals surface area contributed by atoms with Crippen molar-refractivity contribution in [2.45, 2.75) is 57.5 Å². The molecular weight excluding hydrogens is 320 g/mol. The van der Waals surface area contributed by atoms with E-state index >= 15 is 0 Å². The van der Waals surface area contributed by atoms with Crippen molar-refractivity contribution in [2.24, 2.45) is 11.8 Å². The zero-order chi connectivity index (χ0) is 17.6. The van der Waals surface area contributed by atoms with Gasteiger partial charge < -0.3 is 10.2 Å². The molecule has 7 nitrogen and oxygen atoms in total. The molecule has 2 bridgehead atoms. The van der Waals surface area contributed by atoms with Gasteiger partial charge in [-0.3, -0.25) is 19.5 Å². The number of aromatic amines is 1. The highest BCUT2D eigenvalue weighted by atomic mass is 16.2. The molecule has 2 saturated heterocycles. The van der Waals surface area contributed by atoms with Crippen LogP contribution >= 0.6 is 0 Å². The Morgan fingerprint density at radius 2 is 1.92 bits per heavy atom. The van der Waals surface area contributed by atoms with Gasteiger partial charge in [-0.25, -0.2) is 0 Å². The number of piperidine rings is 1. The lowest BCUT2D eigenvalue weighted by molar-refractivity contribution is -0.137. The minimum atomic E-state index is -0.426. The third kappa shape index (κ3) is 3.19. The van der Waals surface area contributed by atoms with Crippen LogP contribution in [-0.4, -0.2) is 45.5 Å². The van der Waals surface area contributed by atoms with Gasteiger partial charge in [-0.15, -0.1) is 0 Å². The van der Waals surface area contributed by atoms with Crippen LogP contribution in [0.2, 0.25) is 0 Å². The second-order valence-electron chi connectivity index (χ2n) is 7.72. The van der Waals surface area contributed by atoms with Crippen LogP contribution in [0.15, 0.2) is 10.9 Å². The number of nitrogens with zero attached hydrogens (tertiary/aromatic N) is 2. The fourth-order valence-electron chi connectivity index (χ4n) is 4.34. The van der Waals surface area contributed by atoms with Crippen molar-refractivity contribution in [3.05, 3.63) is 27.7 Å². The van der Waals surface area contributed by atoms with Crippen LogP contribution in [0.1, 0.15) is 54.7 Å². The van der Waals surface area contributed by atoms with E-state index in [4.69, 9.17) is 0 Å². The largest absolute Gasteiger partial charge is 0.350 e. The summed E-state index contributed by atoms with van der Waals surface area (Å²) in [5.74, 6) is 0.559. The average Bonchev–Trinajstić information content (AvgIpc) is 3.38. The summed E-state index contributed by atoms with van der Waals surface area (Å²) in [6, 6.07) is 2.04. The van der Waals surface area contributed by atoms with Crippen molar-refractivity contribution in [2.75, 3.05) is 6.54 Å². The second kappa shape index (κ2) is 6.28. The molecule has 3 fully saturated rings. The lowest BCUT2D eigenvalue weighted by atomic mass is 9.90. The number of nitrogens with one attached hydrogen (secondary N) is 2. The highest BCUT2D eigenvalue weighted by molar-refractivity contribution is 5.91. The first-order valence-corrected chi connectivity index (χ1v) is 9.19. The van der Waals surface area contributed by atoms with Crippen LogP contribution in [0.3, 0.4) is 0 Å². The van der Waals surface area contributed by atoms with E-state index in [0.717, 1.165) is 38.5 Å². The topological polar surface area (TPSA) is 95.2 Å². The Morgan fingerprint density at radius 3 is 2.52 bits per heavy atom. The maximum Gasteiger partial charge on any atom is 0.275 e. The van der Waals surface area contributed by atoms with E-state index in [9.17, 15) is 14.4 Å². The van der Waals surface area contributed by atoms with E-state index in [-0.39, 0.29) is 17.0 Å². The number of aryl methyl sites for hydroxylation is 1. The number of aromatic nitrogens is 2. The number of hydrogen-bond acceptors (Lipinski definition) is 4. The third-order valence-corrected chi connectivity index (χ3v) is 5.70. The summed E-state index contributed by atoms with van der Waals surface area (Å²) in [6.07, 6.45) is 6.12. The van der Waals surface area contributed by atoms with E-state index in [1.54, 1.807) is 6.92 Å². The number of rotatable bonds is 4. The van der Waals surface area contributed by atoms with Crippen molar-refractivity contribution in [1.82, 2.24) is 20.4 Å². The summed E-state index contributed by atoms with van der Waals surface area (Å²) in [5, 5.41) is 9.36. The van der Waals surface area contributed by atoms with Crippen LogP contribution in [-0.2, 0) is 4.79 Å². The van der Waals surface area contributed by atoms with Crippen molar-refractivity contribution < 1.29 is 9.59 Å². The molecule has 134 valence electrons. The van der Waals surface area contributed by atoms with Gasteiger partial charge in [0.05, 0.1) is 0 Å². The first-order chi connectivity index (χ1) is 12.0. The Labute approximate surface area is 146 Å². The number of carbonyl (C=O) groups is 2. The molecule has 4 rings (SSSR count). The highest BCUT2D eigenvalue weighted by Crippen LogP contribution is 2.42. The van der Waals surface area contributed by atoms with Crippen LogP contribution < -0.4 is 10.7 Å². The fraction of sp³-hybridized carbons (Fsp3) is 0.667. The summed E-state index contributed by atoms with van der Waals surface area (Å²) in [4.78, 5) is 38.7. The smallest absolute Gasteiger partial charge is 0.275 e. The molecule has 0 spiro atoms. The first-order valence-electron chi connectivity index (χ1n) is 9.19. The number of hydrogen-bond donors (Lipinski definition) is 2. The molecule has 3 aliphatic rings. The van der Waals surface area contributed by atoms with E-state index in [2.05, 4.69) is 20.4 Å². The van der Waals surface area contributed by atoms with E-state index in [0.29, 0.717) is 36.1 Å². The zero-order valence-electron chi connectivity index (χ0n) is 14.5. The molecule has 1 aliphatic carbocycles. The van der Waals surface area contributed by atoms with Gasteiger partial charge in [0.25, 0.3) is 5.91 Å². The minimum Gasteiger partial charge on any atom is -0.350 e. The maximum absolute atomic E-state index is 12.5. The molecule has 1 saturated carbocycles. The van der Waals surface area contributed by atoms with Gasteiger partial charge in [0, 0.05) is 36.3 Å². The Balaban J connectivity index is 1.35. The number of fused-ring (bicyclic) bond motifs is 2. The van der Waals surface area contributed by atoms with E-state index < -0.39 is 5.91 Å². The van der Waals surface area contributed by atoms with Gasteiger partial charge >= 0.3 is 0 Å². The van der Waals surface area contributed by atoms with Gasteiger partial charge in [-0.1, -0.05) is 0 Å². The second-order valence-corrected chi connectivity index (χ2v) is 7.72. The van der Waals surface area contributed by atoms with Crippen LogP contribution in [0, 0.1) is 18.8 Å². The predicted molar refractivity (Wildman–Crippen MR) is 91.0 cm³/mol. The van der Waals surface area contributed by atoms with Crippen molar-refractivity contribution in [1.29, 1.82) is 0 Å². The van der Waals surface area contributed by atoms with Gasteiger partial charge in [0.15, 0.2) is 5.69 Å². The Bertz CT molecular complexity index is 741. The predicted octanol–water partition coefficient (Wildman–Crippen LogP) is 0.988. The SMILES string of the molecule is Cc1cc(=O)c(C(=O)NCC2C[C@H]3CC[C@@H](C2)N3C(=O)C2CC2)n[nH]1. The molecule has 25 heavy (non-hydrogen) atoms. The Hall–Kier alpha value is -2.18. The van der Waals surface area contributed by atoms with Gasteiger partial charge in [0.2, 0.25) is 11.3 Å². The quantitative estimate of drug-likeness (QED) is 0.851. The van der Waals surface area contributed by atoms with Gasteiger partial charge in [-0.05, 0) is 51.4 Å². The molecule has 2 aliphatic heterocycles. The molecule has 1 aromatic heterocycles. The average molecular weight is 344 g/mol. The summed E-state index contributed by atoms with van der Waals surface area (Å²) >= 11 is 0. The molecule has 1 aromatic rings. The van der Waals surface area contributed by atoms with Crippen molar-refractivity contribution >= 4 is 11.8 Å². The molecule has 0 aromatic carbocycles. The number of H-pyrrole nitrogens is 1. The molecule has 2 N–H and O–H groups in total. The highest BCUT2D eigenvalue weighted by Gasteiger charge is 2.46. The van der Waals surface area contributed by atoms with Crippen LogP contribution in [0.25, 0.3) is 0 Å². The number of amides is 2. The standard InChI is InChI=1S/C18H24N4O3/c1-10-6-15(23)16(21-20-10)17(24)19-9-11-7-13-4-5-14(8-11)22(13)18(25)12-2-3-12/h6,11-14H,2-5,7-9H2,1H3,(H,19,24)(H,20,23)/t11?,13-,14+. The lowest BCUT2D eigenvalue weighted by Crippen LogP contribution is -2.49. The minimum absolute atomic E-state index is 0.0880. The van der Waals surface area contributed by atoms with Gasteiger partial charge in [-0.2, -0.15) is 5.10 Å². The lowest BCUT2D eigenvalue weighted by Gasteiger charge is -2.39. The summed E-state index contributed by atoms with van der Waals surface area (Å²) in [7, 11) is 0. The van der Waals surface area contributed by atoms with Crippen molar-refractivity contribution in [3.8, 4) is 0 Å². The summed E-state index contributed by atoms with van der Waals surface area (Å²) in [5.41, 5.74) is 0.180. The zero-order valence-corrected chi connectivity index (χ0v) is 14.5. The normalized spacial score (nSPS) is 28.0. The summed E-state index contributed by atoms with van der Waals surface area (Å²) in [6.45, 7) is 2.26. The van der Waals surface area contributed by atoms with E-state index in [1.807, 2.05) is 0 Å². The molecule has 7 heteroatoms. The third-order valence-electron chi connectivity index (χ3n) is 5.70. The summed E-state index contributed by atoms with van der Waals surface area (Å²) < 4.78 is 0. The maximum atomic E-state index is 12.5. The van der Waals surface area contributed by atoms with E-state index in [1.165, 1.54) is 6.07 Å². The monoisotopic (exact) mass is 344 g/mol. The first kappa shape index (κ1) is 16.3. The molecule has 0 radical (unpaired) electrons. The fourth-order valence-corrected chi connectivity index (χ4v) is 4.34. The molecular formula is C18H24N4O3. The van der Waals surface area contributed by atoms with Gasteiger partial charge in [0.1, 0.15) is 0 Å². The number of carbonyl (C=O) groups excluding carboxylic acids is 2. The van der Waals surface area contributed by atoms with Crippen LogP contribution in [0.4, 0.5) is 0 Å². The Kier molecular flexibility index (Phi) is 4.09. The Morgan fingerprint density at radius 1 is 1.24 bits per heavy atom. The molecule has 1 unspecified atom stereocenters. The molecule has 3 heterocycles. The molecule has 2 amide bonds. The van der Waals surface area contributed by atoms with Crippen molar-refractivity contribution in [3.63, 3.8) is 0 Å².